The molecule has 0 aliphatic rings. The average Bonchev–Trinajstić information content (AvgIpc) is 2.36. The van der Waals surface area contributed by atoms with Crippen LogP contribution < -0.4 is 11.1 Å². The van der Waals surface area contributed by atoms with Crippen LogP contribution in [-0.4, -0.2) is 24.7 Å². The van der Waals surface area contributed by atoms with Crippen molar-refractivity contribution >= 4 is 22.3 Å². The zero-order valence-electron chi connectivity index (χ0n) is 11.0. The van der Waals surface area contributed by atoms with Crippen LogP contribution in [0.4, 0.5) is 11.4 Å². The van der Waals surface area contributed by atoms with Gasteiger partial charge in [0.25, 0.3) is 0 Å². The average molecular weight is 245 g/mol. The number of hydrogen-bond donors (Lipinski definition) is 2. The predicted octanol–water partition coefficient (Wildman–Crippen LogP) is 2.57. The fourth-order valence-corrected chi connectivity index (χ4v) is 1.86. The van der Waals surface area contributed by atoms with E-state index in [2.05, 4.69) is 10.3 Å². The number of hydrogen-bond acceptors (Lipinski definition) is 4. The summed E-state index contributed by atoms with van der Waals surface area (Å²) in [6.45, 7) is 4.77. The molecule has 0 fully saturated rings. The smallest absolute Gasteiger partial charge is 0.0727 e. The van der Waals surface area contributed by atoms with Gasteiger partial charge in [-0.15, -0.1) is 0 Å². The van der Waals surface area contributed by atoms with E-state index in [-0.39, 0.29) is 6.10 Å². The van der Waals surface area contributed by atoms with Gasteiger partial charge in [0.15, 0.2) is 0 Å². The molecule has 2 aromatic rings. The van der Waals surface area contributed by atoms with E-state index >= 15 is 0 Å². The maximum atomic E-state index is 5.83. The van der Waals surface area contributed by atoms with Crippen LogP contribution >= 0.6 is 0 Å². The van der Waals surface area contributed by atoms with Crippen molar-refractivity contribution in [3.63, 3.8) is 0 Å². The maximum absolute atomic E-state index is 5.83. The number of rotatable bonds is 4. The summed E-state index contributed by atoms with van der Waals surface area (Å²) in [5, 5.41) is 4.43. The summed E-state index contributed by atoms with van der Waals surface area (Å²) in [6.07, 6.45) is 0.162. The molecule has 0 radical (unpaired) electrons. The second-order valence-electron chi connectivity index (χ2n) is 4.52. The normalized spacial score (nSPS) is 12.6. The quantitative estimate of drug-likeness (QED) is 0.813. The molecule has 0 spiro atoms. The summed E-state index contributed by atoms with van der Waals surface area (Å²) in [6, 6.07) is 7.80. The molecule has 96 valence electrons. The standard InChI is InChI=1S/C14H19N3O/c1-9-6-14(16-8-10(2)18-3)12-7-11(15)4-5-13(12)17-9/h4-7,10H,8,15H2,1-3H3,(H,16,17). The molecule has 0 aliphatic carbocycles. The molecule has 0 saturated carbocycles. The highest BCUT2D eigenvalue weighted by molar-refractivity contribution is 5.93. The van der Waals surface area contributed by atoms with Gasteiger partial charge in [-0.05, 0) is 38.1 Å². The molecule has 18 heavy (non-hydrogen) atoms. The van der Waals surface area contributed by atoms with E-state index in [1.165, 1.54) is 0 Å². The van der Waals surface area contributed by atoms with E-state index in [4.69, 9.17) is 10.5 Å². The molecule has 2 rings (SSSR count). The highest BCUT2D eigenvalue weighted by Crippen LogP contribution is 2.25. The lowest BCUT2D eigenvalue weighted by molar-refractivity contribution is 0.129. The Morgan fingerprint density at radius 3 is 2.89 bits per heavy atom. The Bertz CT molecular complexity index is 554. The molecule has 0 bridgehead atoms. The first kappa shape index (κ1) is 12.6. The molecule has 0 amide bonds. The lowest BCUT2D eigenvalue weighted by atomic mass is 10.1. The van der Waals surface area contributed by atoms with Gasteiger partial charge in [-0.25, -0.2) is 0 Å². The van der Waals surface area contributed by atoms with Crippen LogP contribution in [-0.2, 0) is 4.74 Å². The van der Waals surface area contributed by atoms with Crippen LogP contribution in [0.1, 0.15) is 12.6 Å². The summed E-state index contributed by atoms with van der Waals surface area (Å²) in [7, 11) is 1.71. The van der Waals surface area contributed by atoms with E-state index in [0.29, 0.717) is 0 Å². The molecule has 0 aliphatic heterocycles. The van der Waals surface area contributed by atoms with Crippen LogP contribution in [0.2, 0.25) is 0 Å². The zero-order valence-corrected chi connectivity index (χ0v) is 11.0. The highest BCUT2D eigenvalue weighted by atomic mass is 16.5. The second-order valence-corrected chi connectivity index (χ2v) is 4.52. The first-order valence-corrected chi connectivity index (χ1v) is 6.03. The van der Waals surface area contributed by atoms with Crippen molar-refractivity contribution < 1.29 is 4.74 Å². The number of aryl methyl sites for hydroxylation is 1. The predicted molar refractivity (Wildman–Crippen MR) is 75.9 cm³/mol. The van der Waals surface area contributed by atoms with Gasteiger partial charge in [0.05, 0.1) is 11.6 Å². The van der Waals surface area contributed by atoms with E-state index in [1.807, 2.05) is 38.1 Å². The molecular formula is C14H19N3O. The Kier molecular flexibility index (Phi) is 3.67. The molecule has 4 nitrogen and oxygen atoms in total. The summed E-state index contributed by atoms with van der Waals surface area (Å²) in [5.41, 5.74) is 9.57. The van der Waals surface area contributed by atoms with E-state index in [1.54, 1.807) is 7.11 Å². The minimum Gasteiger partial charge on any atom is -0.399 e. The van der Waals surface area contributed by atoms with Crippen LogP contribution in [0.15, 0.2) is 24.3 Å². The molecule has 1 aromatic heterocycles. The van der Waals surface area contributed by atoms with Gasteiger partial charge in [0, 0.05) is 36.1 Å². The van der Waals surface area contributed by atoms with Gasteiger partial charge < -0.3 is 15.8 Å². The summed E-state index contributed by atoms with van der Waals surface area (Å²) in [5.74, 6) is 0. The minimum absolute atomic E-state index is 0.162. The summed E-state index contributed by atoms with van der Waals surface area (Å²) >= 11 is 0. The number of nitrogen functional groups attached to an aromatic ring is 1. The number of fused-ring (bicyclic) bond motifs is 1. The van der Waals surface area contributed by atoms with Crippen LogP contribution in [0, 0.1) is 6.92 Å². The van der Waals surface area contributed by atoms with Gasteiger partial charge in [-0.3, -0.25) is 4.98 Å². The lowest BCUT2D eigenvalue weighted by Crippen LogP contribution is -2.18. The first-order chi connectivity index (χ1) is 8.60. The molecule has 1 aromatic carbocycles. The Morgan fingerprint density at radius 1 is 1.39 bits per heavy atom. The molecule has 1 atom stereocenters. The summed E-state index contributed by atoms with van der Waals surface area (Å²) in [4.78, 5) is 4.50. The fraction of sp³-hybridized carbons (Fsp3) is 0.357. The van der Waals surface area contributed by atoms with Gasteiger partial charge in [-0.1, -0.05) is 0 Å². The van der Waals surface area contributed by atoms with Crippen molar-refractivity contribution in [1.82, 2.24) is 4.98 Å². The number of methoxy groups -OCH3 is 1. The molecule has 1 heterocycles. The van der Waals surface area contributed by atoms with Crippen LogP contribution in [0.25, 0.3) is 10.9 Å². The Balaban J connectivity index is 2.38. The third-order valence-corrected chi connectivity index (χ3v) is 2.94. The van der Waals surface area contributed by atoms with Crippen LogP contribution in [0.5, 0.6) is 0 Å². The minimum atomic E-state index is 0.162. The van der Waals surface area contributed by atoms with Crippen molar-refractivity contribution in [2.45, 2.75) is 20.0 Å². The van der Waals surface area contributed by atoms with Gasteiger partial charge in [0.1, 0.15) is 0 Å². The van der Waals surface area contributed by atoms with Gasteiger partial charge in [0.2, 0.25) is 0 Å². The topological polar surface area (TPSA) is 60.2 Å². The van der Waals surface area contributed by atoms with Gasteiger partial charge >= 0.3 is 0 Å². The maximum Gasteiger partial charge on any atom is 0.0727 e. The zero-order chi connectivity index (χ0) is 13.1. The number of benzene rings is 1. The fourth-order valence-electron chi connectivity index (χ4n) is 1.86. The number of ether oxygens (including phenoxy) is 1. The first-order valence-electron chi connectivity index (χ1n) is 6.03. The largest absolute Gasteiger partial charge is 0.399 e. The molecule has 4 heteroatoms. The molecular weight excluding hydrogens is 226 g/mol. The van der Waals surface area contributed by atoms with E-state index in [9.17, 15) is 0 Å². The Hall–Kier alpha value is -1.81. The lowest BCUT2D eigenvalue weighted by Gasteiger charge is -2.14. The van der Waals surface area contributed by atoms with Crippen molar-refractivity contribution in [1.29, 1.82) is 0 Å². The molecule has 1 unspecified atom stereocenters. The van der Waals surface area contributed by atoms with Crippen molar-refractivity contribution in [3.8, 4) is 0 Å². The van der Waals surface area contributed by atoms with Crippen molar-refractivity contribution in [2.24, 2.45) is 0 Å². The Labute approximate surface area is 107 Å². The molecule has 0 saturated heterocycles. The monoisotopic (exact) mass is 245 g/mol. The highest BCUT2D eigenvalue weighted by Gasteiger charge is 2.06. The third-order valence-electron chi connectivity index (χ3n) is 2.94. The number of pyridine rings is 1. The third kappa shape index (κ3) is 2.71. The van der Waals surface area contributed by atoms with Crippen LogP contribution in [0.3, 0.4) is 0 Å². The number of anilines is 2. The SMILES string of the molecule is COC(C)CNc1cc(C)nc2ccc(N)cc12. The van der Waals surface area contributed by atoms with E-state index in [0.717, 1.165) is 34.5 Å². The second kappa shape index (κ2) is 5.23. The number of aromatic nitrogens is 1. The molecule has 3 N–H and O–H groups in total. The van der Waals surface area contributed by atoms with E-state index < -0.39 is 0 Å². The number of nitrogens with two attached hydrogens (primary N) is 1. The van der Waals surface area contributed by atoms with Crippen molar-refractivity contribution in [3.05, 3.63) is 30.0 Å². The van der Waals surface area contributed by atoms with Crippen molar-refractivity contribution in [2.75, 3.05) is 24.7 Å². The Morgan fingerprint density at radius 2 is 2.17 bits per heavy atom. The number of nitrogens with one attached hydrogen (secondary N) is 1. The van der Waals surface area contributed by atoms with Gasteiger partial charge in [-0.2, -0.15) is 0 Å². The summed E-state index contributed by atoms with van der Waals surface area (Å²) < 4.78 is 5.24. The number of nitrogens with zero attached hydrogens (tertiary/aromatic N) is 1.